The molecule has 0 radical (unpaired) electrons. The summed E-state index contributed by atoms with van der Waals surface area (Å²) < 4.78 is 41.0. The van der Waals surface area contributed by atoms with E-state index in [0.717, 1.165) is 10.9 Å². The van der Waals surface area contributed by atoms with Gasteiger partial charge in [-0.25, -0.2) is 4.79 Å². The molecule has 1 aromatic carbocycles. The highest BCUT2D eigenvalue weighted by molar-refractivity contribution is 5.95. The SMILES string of the molecule is CC(C)(C)n1ncc(C(=O)NCc2ccc(C(=O)O)cc2)c1C(F)(F)F. The second kappa shape index (κ2) is 6.81. The van der Waals surface area contributed by atoms with E-state index in [0.29, 0.717) is 5.56 Å². The normalized spacial score (nSPS) is 12.1. The number of hydrogen-bond donors (Lipinski definition) is 2. The molecular weight excluding hydrogens is 351 g/mol. The molecule has 26 heavy (non-hydrogen) atoms. The minimum absolute atomic E-state index is 0.0449. The molecule has 0 saturated heterocycles. The van der Waals surface area contributed by atoms with Crippen molar-refractivity contribution in [1.29, 1.82) is 0 Å². The number of carboxylic acid groups (broad SMARTS) is 1. The quantitative estimate of drug-likeness (QED) is 0.866. The van der Waals surface area contributed by atoms with E-state index in [1.54, 1.807) is 20.8 Å². The van der Waals surface area contributed by atoms with Crippen LogP contribution in [-0.2, 0) is 18.3 Å². The van der Waals surface area contributed by atoms with Gasteiger partial charge in [0.2, 0.25) is 0 Å². The molecule has 9 heteroatoms. The maximum Gasteiger partial charge on any atom is 0.433 e. The van der Waals surface area contributed by atoms with Crippen LogP contribution in [0.15, 0.2) is 30.5 Å². The number of carbonyl (C=O) groups is 2. The standard InChI is InChI=1S/C17H18F3N3O3/c1-16(2,3)23-13(17(18,19)20)12(9-22-23)14(24)21-8-10-4-6-11(7-5-10)15(25)26/h4-7,9H,8H2,1-3H3,(H,21,24)(H,25,26). The molecule has 6 nitrogen and oxygen atoms in total. The minimum atomic E-state index is -4.74. The molecule has 0 aliphatic carbocycles. The maximum atomic E-state index is 13.4. The van der Waals surface area contributed by atoms with Crippen molar-refractivity contribution in [2.45, 2.75) is 39.0 Å². The molecule has 0 saturated carbocycles. The Morgan fingerprint density at radius 3 is 2.19 bits per heavy atom. The van der Waals surface area contributed by atoms with Crippen molar-refractivity contribution in [1.82, 2.24) is 15.1 Å². The lowest BCUT2D eigenvalue weighted by molar-refractivity contribution is -0.146. The number of halogens is 3. The maximum absolute atomic E-state index is 13.4. The van der Waals surface area contributed by atoms with Crippen LogP contribution in [0, 0.1) is 0 Å². The zero-order chi connectivity index (χ0) is 19.7. The summed E-state index contributed by atoms with van der Waals surface area (Å²) in [5.41, 5.74) is -1.99. The van der Waals surface area contributed by atoms with Crippen LogP contribution in [0.2, 0.25) is 0 Å². The average Bonchev–Trinajstić information content (AvgIpc) is 2.98. The number of nitrogens with one attached hydrogen (secondary N) is 1. The van der Waals surface area contributed by atoms with E-state index >= 15 is 0 Å². The molecule has 0 aliphatic rings. The Balaban J connectivity index is 2.22. The third kappa shape index (κ3) is 4.22. The summed E-state index contributed by atoms with van der Waals surface area (Å²) >= 11 is 0. The highest BCUT2D eigenvalue weighted by atomic mass is 19.4. The fourth-order valence-corrected chi connectivity index (χ4v) is 2.34. The lowest BCUT2D eigenvalue weighted by Gasteiger charge is -2.23. The Morgan fingerprint density at radius 1 is 1.15 bits per heavy atom. The number of carboxylic acids is 1. The zero-order valence-electron chi connectivity index (χ0n) is 14.4. The van der Waals surface area contributed by atoms with Gasteiger partial charge in [0.1, 0.15) is 0 Å². The van der Waals surface area contributed by atoms with E-state index < -0.39 is 34.8 Å². The predicted molar refractivity (Wildman–Crippen MR) is 86.8 cm³/mol. The largest absolute Gasteiger partial charge is 0.478 e. The third-order valence-corrected chi connectivity index (χ3v) is 3.57. The van der Waals surface area contributed by atoms with E-state index in [4.69, 9.17) is 5.11 Å². The first kappa shape index (κ1) is 19.5. The first-order valence-corrected chi connectivity index (χ1v) is 7.67. The van der Waals surface area contributed by atoms with Gasteiger partial charge in [0, 0.05) is 6.54 Å². The van der Waals surface area contributed by atoms with E-state index in [-0.39, 0.29) is 12.1 Å². The van der Waals surface area contributed by atoms with Gasteiger partial charge in [0.05, 0.1) is 22.9 Å². The first-order chi connectivity index (χ1) is 11.9. The first-order valence-electron chi connectivity index (χ1n) is 7.67. The van der Waals surface area contributed by atoms with Crippen LogP contribution < -0.4 is 5.32 Å². The lowest BCUT2D eigenvalue weighted by atomic mass is 10.1. The van der Waals surface area contributed by atoms with E-state index in [2.05, 4.69) is 10.4 Å². The third-order valence-electron chi connectivity index (χ3n) is 3.57. The topological polar surface area (TPSA) is 84.2 Å². The molecule has 2 aromatic rings. The van der Waals surface area contributed by atoms with Crippen molar-refractivity contribution in [2.75, 3.05) is 0 Å². The molecule has 1 amide bonds. The lowest BCUT2D eigenvalue weighted by Crippen LogP contribution is -2.31. The van der Waals surface area contributed by atoms with Crippen LogP contribution in [0.4, 0.5) is 13.2 Å². The highest BCUT2D eigenvalue weighted by Crippen LogP contribution is 2.34. The number of amides is 1. The summed E-state index contributed by atoms with van der Waals surface area (Å²) in [6, 6.07) is 5.66. The number of aromatic carboxylic acids is 1. The van der Waals surface area contributed by atoms with E-state index in [1.165, 1.54) is 24.3 Å². The van der Waals surface area contributed by atoms with Crippen molar-refractivity contribution in [3.8, 4) is 0 Å². The van der Waals surface area contributed by atoms with Crippen LogP contribution in [0.1, 0.15) is 52.7 Å². The number of aromatic nitrogens is 2. The number of carbonyl (C=O) groups excluding carboxylic acids is 1. The number of nitrogens with zero attached hydrogens (tertiary/aromatic N) is 2. The second-order valence-corrected chi connectivity index (χ2v) is 6.67. The summed E-state index contributed by atoms with van der Waals surface area (Å²) in [4.78, 5) is 23.0. The van der Waals surface area contributed by atoms with Crippen molar-refractivity contribution in [3.63, 3.8) is 0 Å². The molecule has 2 rings (SSSR count). The Morgan fingerprint density at radius 2 is 1.73 bits per heavy atom. The van der Waals surface area contributed by atoms with Gasteiger partial charge in [-0.3, -0.25) is 9.48 Å². The molecule has 0 unspecified atom stereocenters. The summed E-state index contributed by atoms with van der Waals surface area (Å²) in [5, 5.41) is 15.0. The van der Waals surface area contributed by atoms with Crippen LogP contribution in [0.25, 0.3) is 0 Å². The highest BCUT2D eigenvalue weighted by Gasteiger charge is 2.42. The Hall–Kier alpha value is -2.84. The Labute approximate surface area is 147 Å². The van der Waals surface area contributed by atoms with Crippen LogP contribution in [0.3, 0.4) is 0 Å². The minimum Gasteiger partial charge on any atom is -0.478 e. The van der Waals surface area contributed by atoms with Gasteiger partial charge in [-0.2, -0.15) is 18.3 Å². The molecule has 140 valence electrons. The van der Waals surface area contributed by atoms with E-state index in [9.17, 15) is 22.8 Å². The van der Waals surface area contributed by atoms with Crippen LogP contribution >= 0.6 is 0 Å². The van der Waals surface area contributed by atoms with Gasteiger partial charge in [-0.15, -0.1) is 0 Å². The number of hydrogen-bond acceptors (Lipinski definition) is 3. The molecule has 2 N–H and O–H groups in total. The van der Waals surface area contributed by atoms with Gasteiger partial charge >= 0.3 is 12.1 Å². The van der Waals surface area contributed by atoms with Gasteiger partial charge in [-0.05, 0) is 38.5 Å². The predicted octanol–water partition coefficient (Wildman–Crippen LogP) is 3.29. The second-order valence-electron chi connectivity index (χ2n) is 6.67. The molecule has 0 bridgehead atoms. The van der Waals surface area contributed by atoms with Crippen LogP contribution in [-0.4, -0.2) is 26.8 Å². The smallest absolute Gasteiger partial charge is 0.433 e. The molecule has 1 aromatic heterocycles. The van der Waals surface area contributed by atoms with Crippen molar-refractivity contribution >= 4 is 11.9 Å². The molecule has 1 heterocycles. The molecule has 0 atom stereocenters. The molecule has 0 fully saturated rings. The fourth-order valence-electron chi connectivity index (χ4n) is 2.34. The monoisotopic (exact) mass is 369 g/mol. The van der Waals surface area contributed by atoms with Crippen molar-refractivity contribution in [2.24, 2.45) is 0 Å². The molecule has 0 aliphatic heterocycles. The Kier molecular flexibility index (Phi) is 5.11. The number of benzene rings is 1. The number of rotatable bonds is 4. The molecular formula is C17H18F3N3O3. The van der Waals surface area contributed by atoms with Gasteiger partial charge in [0.25, 0.3) is 5.91 Å². The summed E-state index contributed by atoms with van der Waals surface area (Å²) in [6.07, 6.45) is -3.84. The summed E-state index contributed by atoms with van der Waals surface area (Å²) in [6.45, 7) is 4.62. The van der Waals surface area contributed by atoms with Gasteiger partial charge in [-0.1, -0.05) is 12.1 Å². The molecule has 0 spiro atoms. The Bertz CT molecular complexity index is 819. The fraction of sp³-hybridized carbons (Fsp3) is 0.353. The zero-order valence-corrected chi connectivity index (χ0v) is 14.4. The van der Waals surface area contributed by atoms with Crippen molar-refractivity contribution in [3.05, 3.63) is 52.8 Å². The van der Waals surface area contributed by atoms with Gasteiger partial charge < -0.3 is 10.4 Å². The van der Waals surface area contributed by atoms with E-state index in [1.807, 2.05) is 0 Å². The van der Waals surface area contributed by atoms with Crippen molar-refractivity contribution < 1.29 is 27.9 Å². The average molecular weight is 369 g/mol. The van der Waals surface area contributed by atoms with Gasteiger partial charge in [0.15, 0.2) is 5.69 Å². The van der Waals surface area contributed by atoms with Crippen LogP contribution in [0.5, 0.6) is 0 Å². The summed E-state index contributed by atoms with van der Waals surface area (Å²) in [5.74, 6) is -2.00. The summed E-state index contributed by atoms with van der Waals surface area (Å²) in [7, 11) is 0. The number of alkyl halides is 3.